The molecule has 0 amide bonds. The Kier molecular flexibility index (Phi) is 4.23. The van der Waals surface area contributed by atoms with Crippen LogP contribution in [0, 0.1) is 0 Å². The minimum Gasteiger partial charge on any atom is -0.494 e. The van der Waals surface area contributed by atoms with Crippen molar-refractivity contribution >= 4 is 36.7 Å². The van der Waals surface area contributed by atoms with Crippen molar-refractivity contribution in [1.82, 2.24) is 4.98 Å². The van der Waals surface area contributed by atoms with E-state index in [9.17, 15) is 8.42 Å². The maximum atomic E-state index is 11.6. The van der Waals surface area contributed by atoms with Crippen LogP contribution in [0.15, 0.2) is 18.2 Å². The van der Waals surface area contributed by atoms with E-state index in [1.165, 1.54) is 11.3 Å². The molecular formula is C11H15N3O3S2. The van der Waals surface area contributed by atoms with E-state index in [4.69, 9.17) is 10.5 Å². The van der Waals surface area contributed by atoms with Crippen molar-refractivity contribution in [3.63, 3.8) is 0 Å². The van der Waals surface area contributed by atoms with Gasteiger partial charge in [0.15, 0.2) is 5.13 Å². The Balaban J connectivity index is 2.26. The van der Waals surface area contributed by atoms with Crippen LogP contribution in [0.1, 0.15) is 6.92 Å². The van der Waals surface area contributed by atoms with Crippen LogP contribution in [-0.4, -0.2) is 32.3 Å². The smallest absolute Gasteiger partial charge is 0.235 e. The third-order valence-corrected chi connectivity index (χ3v) is 4.64. The molecule has 0 radical (unpaired) electrons. The molecule has 104 valence electrons. The highest BCUT2D eigenvalue weighted by Gasteiger charge is 2.12. The first-order valence-corrected chi connectivity index (χ1v) is 8.25. The summed E-state index contributed by atoms with van der Waals surface area (Å²) in [6.45, 7) is 2.57. The second-order valence-corrected chi connectivity index (χ2v) is 6.66. The molecule has 3 N–H and O–H groups in total. The molecule has 0 saturated heterocycles. The highest BCUT2D eigenvalue weighted by atomic mass is 32.2. The van der Waals surface area contributed by atoms with Crippen LogP contribution in [0.4, 0.5) is 5.13 Å². The van der Waals surface area contributed by atoms with Crippen LogP contribution >= 0.6 is 11.3 Å². The van der Waals surface area contributed by atoms with E-state index in [0.717, 1.165) is 16.0 Å². The predicted octanol–water partition coefficient (Wildman–Crippen LogP) is 1.40. The fraction of sp³-hybridized carbons (Fsp3) is 0.364. The van der Waals surface area contributed by atoms with Gasteiger partial charge in [0.25, 0.3) is 0 Å². The minimum absolute atomic E-state index is 0.0781. The van der Waals surface area contributed by atoms with Crippen molar-refractivity contribution in [3.05, 3.63) is 18.2 Å². The Hall–Kier alpha value is -1.38. The molecule has 0 aliphatic carbocycles. The van der Waals surface area contributed by atoms with Crippen LogP contribution < -0.4 is 15.2 Å². The standard InChI is InChI=1S/C11H15N3O3S2/c1-2-17-8-3-4-9-10(7-8)18-11(13-9)14-19(15,16)6-5-12/h3-4,7H,2,5-6,12H2,1H3,(H,13,14). The van der Waals surface area contributed by atoms with E-state index >= 15 is 0 Å². The van der Waals surface area contributed by atoms with Crippen molar-refractivity contribution in [2.45, 2.75) is 6.92 Å². The average Bonchev–Trinajstić information content (AvgIpc) is 2.69. The number of hydrogen-bond donors (Lipinski definition) is 2. The number of thiazole rings is 1. The van der Waals surface area contributed by atoms with Crippen LogP contribution in [0.2, 0.25) is 0 Å². The quantitative estimate of drug-likeness (QED) is 0.841. The lowest BCUT2D eigenvalue weighted by molar-refractivity contribution is 0.341. The summed E-state index contributed by atoms with van der Waals surface area (Å²) in [5, 5.41) is 0.345. The third kappa shape index (κ3) is 3.55. The average molecular weight is 301 g/mol. The summed E-state index contributed by atoms with van der Waals surface area (Å²) < 4.78 is 31.9. The summed E-state index contributed by atoms with van der Waals surface area (Å²) in [5.41, 5.74) is 5.98. The Morgan fingerprint density at radius 2 is 2.26 bits per heavy atom. The summed E-state index contributed by atoms with van der Waals surface area (Å²) in [6, 6.07) is 5.46. The maximum Gasteiger partial charge on any atom is 0.235 e. The van der Waals surface area contributed by atoms with Gasteiger partial charge in [-0.25, -0.2) is 13.4 Å². The van der Waals surface area contributed by atoms with Crippen molar-refractivity contribution < 1.29 is 13.2 Å². The van der Waals surface area contributed by atoms with Crippen LogP contribution in [0.5, 0.6) is 5.75 Å². The molecule has 0 fully saturated rings. The molecule has 19 heavy (non-hydrogen) atoms. The third-order valence-electron chi connectivity index (χ3n) is 2.30. The van der Waals surface area contributed by atoms with E-state index in [1.54, 1.807) is 6.07 Å². The van der Waals surface area contributed by atoms with Crippen molar-refractivity contribution in [3.8, 4) is 5.75 Å². The maximum absolute atomic E-state index is 11.6. The largest absolute Gasteiger partial charge is 0.494 e. The molecule has 0 spiro atoms. The lowest BCUT2D eigenvalue weighted by atomic mass is 10.3. The molecule has 2 rings (SSSR count). The summed E-state index contributed by atoms with van der Waals surface area (Å²) in [6.07, 6.45) is 0. The van der Waals surface area contributed by atoms with E-state index in [-0.39, 0.29) is 12.3 Å². The molecule has 0 bridgehead atoms. The van der Waals surface area contributed by atoms with Crippen molar-refractivity contribution in [2.75, 3.05) is 23.6 Å². The highest BCUT2D eigenvalue weighted by molar-refractivity contribution is 7.92. The Bertz CT molecular complexity index is 667. The molecule has 1 aromatic carbocycles. The number of nitrogens with zero attached hydrogens (tertiary/aromatic N) is 1. The highest BCUT2D eigenvalue weighted by Crippen LogP contribution is 2.29. The summed E-state index contributed by atoms with van der Waals surface area (Å²) in [7, 11) is -3.41. The summed E-state index contributed by atoms with van der Waals surface area (Å²) in [5.74, 6) is 0.627. The first kappa shape index (κ1) is 14.0. The Morgan fingerprint density at radius 1 is 1.47 bits per heavy atom. The number of hydrogen-bond acceptors (Lipinski definition) is 6. The van der Waals surface area contributed by atoms with Crippen molar-refractivity contribution in [1.29, 1.82) is 0 Å². The van der Waals surface area contributed by atoms with Crippen LogP contribution in [0.3, 0.4) is 0 Å². The van der Waals surface area contributed by atoms with Gasteiger partial charge in [-0.15, -0.1) is 0 Å². The number of sulfonamides is 1. The topological polar surface area (TPSA) is 94.3 Å². The molecule has 0 atom stereocenters. The van der Waals surface area contributed by atoms with E-state index in [0.29, 0.717) is 11.7 Å². The van der Waals surface area contributed by atoms with Gasteiger partial charge in [-0.05, 0) is 25.1 Å². The van der Waals surface area contributed by atoms with Gasteiger partial charge in [0.1, 0.15) is 5.75 Å². The second-order valence-electron chi connectivity index (χ2n) is 3.79. The number of benzene rings is 1. The monoisotopic (exact) mass is 301 g/mol. The normalized spacial score (nSPS) is 11.7. The van der Waals surface area contributed by atoms with Gasteiger partial charge >= 0.3 is 0 Å². The van der Waals surface area contributed by atoms with Crippen molar-refractivity contribution in [2.24, 2.45) is 5.73 Å². The lowest BCUT2D eigenvalue weighted by Gasteiger charge is -2.01. The second kappa shape index (κ2) is 5.72. The molecule has 1 aromatic heterocycles. The summed E-state index contributed by atoms with van der Waals surface area (Å²) in [4.78, 5) is 4.21. The SMILES string of the molecule is CCOc1ccc2nc(NS(=O)(=O)CCN)sc2c1. The number of rotatable bonds is 6. The van der Waals surface area contributed by atoms with E-state index in [2.05, 4.69) is 9.71 Å². The van der Waals surface area contributed by atoms with Gasteiger partial charge < -0.3 is 10.5 Å². The Labute approximate surface area is 115 Å². The van der Waals surface area contributed by atoms with Gasteiger partial charge in [0, 0.05) is 6.54 Å². The number of anilines is 1. The fourth-order valence-corrected chi connectivity index (χ4v) is 3.56. The van der Waals surface area contributed by atoms with Crippen LogP contribution in [0.25, 0.3) is 10.2 Å². The molecule has 0 aliphatic rings. The molecule has 0 saturated carbocycles. The molecule has 8 heteroatoms. The molecule has 6 nitrogen and oxygen atoms in total. The van der Waals surface area contributed by atoms with E-state index in [1.807, 2.05) is 19.1 Å². The molecular weight excluding hydrogens is 286 g/mol. The number of nitrogens with one attached hydrogen (secondary N) is 1. The number of ether oxygens (including phenoxy) is 1. The lowest BCUT2D eigenvalue weighted by Crippen LogP contribution is -2.22. The summed E-state index contributed by atoms with van der Waals surface area (Å²) >= 11 is 1.27. The minimum atomic E-state index is -3.41. The number of nitrogens with two attached hydrogens (primary N) is 1. The van der Waals surface area contributed by atoms with Gasteiger partial charge in [-0.1, -0.05) is 11.3 Å². The first-order chi connectivity index (χ1) is 9.04. The molecule has 1 heterocycles. The van der Waals surface area contributed by atoms with Gasteiger partial charge in [0.05, 0.1) is 22.6 Å². The van der Waals surface area contributed by atoms with Gasteiger partial charge in [-0.2, -0.15) is 0 Å². The number of fused-ring (bicyclic) bond motifs is 1. The predicted molar refractivity (Wildman–Crippen MR) is 77.3 cm³/mol. The molecule has 0 aliphatic heterocycles. The zero-order valence-electron chi connectivity index (χ0n) is 10.4. The fourth-order valence-electron chi connectivity index (χ4n) is 1.54. The Morgan fingerprint density at radius 3 is 2.95 bits per heavy atom. The van der Waals surface area contributed by atoms with E-state index < -0.39 is 10.0 Å². The first-order valence-electron chi connectivity index (χ1n) is 5.78. The van der Waals surface area contributed by atoms with Gasteiger partial charge in [0.2, 0.25) is 10.0 Å². The number of aromatic nitrogens is 1. The molecule has 0 unspecified atom stereocenters. The van der Waals surface area contributed by atoms with Crippen LogP contribution in [-0.2, 0) is 10.0 Å². The molecule has 2 aromatic rings. The van der Waals surface area contributed by atoms with Gasteiger partial charge in [-0.3, -0.25) is 4.72 Å². The zero-order valence-corrected chi connectivity index (χ0v) is 12.1. The zero-order chi connectivity index (χ0) is 13.9.